The summed E-state index contributed by atoms with van der Waals surface area (Å²) in [5.74, 6) is -1.41. The fourth-order valence-corrected chi connectivity index (χ4v) is 7.73. The smallest absolute Gasteiger partial charge is 0.418 e. The minimum atomic E-state index is -4.96. The molecule has 49 heavy (non-hydrogen) atoms. The van der Waals surface area contributed by atoms with Crippen LogP contribution < -0.4 is 25.8 Å². The van der Waals surface area contributed by atoms with E-state index in [4.69, 9.17) is 32.5 Å². The van der Waals surface area contributed by atoms with Gasteiger partial charge in [-0.05, 0) is 31.5 Å². The number of nitrogen functional groups attached to an aromatic ring is 2. The van der Waals surface area contributed by atoms with Gasteiger partial charge in [0.15, 0.2) is 11.6 Å². The minimum Gasteiger partial charge on any atom is -0.489 e. The molecule has 3 aromatic heterocycles. The molecule has 4 atom stereocenters. The first-order chi connectivity index (χ1) is 23.2. The van der Waals surface area contributed by atoms with E-state index in [0.717, 1.165) is 6.07 Å². The van der Waals surface area contributed by atoms with Crippen LogP contribution in [0.3, 0.4) is 0 Å². The molecular formula is C32H31ClF6N8O2. The van der Waals surface area contributed by atoms with Crippen LogP contribution in [0.5, 0.6) is 11.8 Å². The molecule has 3 aliphatic rings. The first kappa shape index (κ1) is 33.2. The van der Waals surface area contributed by atoms with Gasteiger partial charge in [0.1, 0.15) is 48.5 Å². The van der Waals surface area contributed by atoms with Gasteiger partial charge < -0.3 is 25.8 Å². The van der Waals surface area contributed by atoms with Crippen molar-refractivity contribution >= 4 is 40.0 Å². The molecule has 260 valence electrons. The predicted octanol–water partition coefficient (Wildman–Crippen LogP) is 6.23. The van der Waals surface area contributed by atoms with E-state index in [-0.39, 0.29) is 85.9 Å². The number of hydrogen-bond donors (Lipinski definition) is 2. The molecule has 10 nitrogen and oxygen atoms in total. The van der Waals surface area contributed by atoms with Crippen molar-refractivity contribution in [1.29, 1.82) is 0 Å². The van der Waals surface area contributed by atoms with Crippen molar-refractivity contribution in [3.63, 3.8) is 0 Å². The standard InChI is InChI=1S/C32H31ClF6N8O2/c1-14-8-19(40)43-25(22(14)32(37,38)39)20-23(33)27-21-26(24(20)36)44-30(49-13-31-9-16(34)11-46(31)12-17(35)10-31)45-29(21)47(6-7-48-27)15(2)18-4-3-5-42-28(18)41/h3-5,8,15-17H,6-7,9-13H2,1-2H3,(H2,40,43)(H2,41,42)/t15-,16-,17+,31?/m1/s1. The summed E-state index contributed by atoms with van der Waals surface area (Å²) < 4.78 is 101. The van der Waals surface area contributed by atoms with Crippen LogP contribution >= 0.6 is 11.6 Å². The largest absolute Gasteiger partial charge is 0.489 e. The second kappa shape index (κ2) is 11.9. The Hall–Kier alpha value is -4.31. The van der Waals surface area contributed by atoms with Crippen molar-refractivity contribution in [3.8, 4) is 23.0 Å². The molecule has 2 saturated heterocycles. The van der Waals surface area contributed by atoms with E-state index in [9.17, 15) is 22.0 Å². The van der Waals surface area contributed by atoms with Gasteiger partial charge in [0.2, 0.25) is 0 Å². The van der Waals surface area contributed by atoms with E-state index in [0.29, 0.717) is 5.56 Å². The molecule has 17 heteroatoms. The van der Waals surface area contributed by atoms with Gasteiger partial charge >= 0.3 is 12.2 Å². The molecule has 0 spiro atoms. The summed E-state index contributed by atoms with van der Waals surface area (Å²) in [4.78, 5) is 20.4. The molecule has 1 aromatic carbocycles. The van der Waals surface area contributed by atoms with Crippen molar-refractivity contribution in [3.05, 3.63) is 51.9 Å². The maximum absolute atomic E-state index is 17.0. The van der Waals surface area contributed by atoms with Crippen molar-refractivity contribution in [1.82, 2.24) is 24.8 Å². The van der Waals surface area contributed by atoms with Gasteiger partial charge in [-0.3, -0.25) is 4.90 Å². The summed E-state index contributed by atoms with van der Waals surface area (Å²) >= 11 is 6.75. The fourth-order valence-electron chi connectivity index (χ4n) is 7.41. The highest BCUT2D eigenvalue weighted by Gasteiger charge is 2.53. The monoisotopic (exact) mass is 708 g/mol. The number of hydrogen-bond acceptors (Lipinski definition) is 10. The topological polar surface area (TPSA) is 129 Å². The molecule has 4 N–H and O–H groups in total. The number of alkyl halides is 5. The normalized spacial score (nSPS) is 23.0. The molecule has 0 saturated carbocycles. The number of fused-ring (bicyclic) bond motifs is 1. The van der Waals surface area contributed by atoms with E-state index < -0.39 is 63.3 Å². The van der Waals surface area contributed by atoms with Crippen LogP contribution in [0.4, 0.5) is 43.8 Å². The SMILES string of the molecule is Cc1cc(N)nc(-c2c(Cl)c3c4c(nc(OCC56C[C@H](F)CN5C[C@H](F)C6)nc4c2F)N([C@H](C)c2cccnc2N)CCO3)c1C(F)(F)F. The molecule has 2 fully saturated rings. The van der Waals surface area contributed by atoms with Gasteiger partial charge in [0, 0.05) is 37.7 Å². The number of aryl methyl sites for hydroxylation is 1. The van der Waals surface area contributed by atoms with Gasteiger partial charge in [-0.25, -0.2) is 23.1 Å². The maximum atomic E-state index is 17.0. The van der Waals surface area contributed by atoms with Gasteiger partial charge in [0.25, 0.3) is 0 Å². The Morgan fingerprint density at radius 2 is 1.86 bits per heavy atom. The predicted molar refractivity (Wildman–Crippen MR) is 171 cm³/mol. The molecule has 0 amide bonds. The highest BCUT2D eigenvalue weighted by atomic mass is 35.5. The lowest BCUT2D eigenvalue weighted by molar-refractivity contribution is -0.137. The van der Waals surface area contributed by atoms with Crippen LogP contribution in [0.1, 0.15) is 42.5 Å². The lowest BCUT2D eigenvalue weighted by Gasteiger charge is -2.32. The Morgan fingerprint density at radius 1 is 1.14 bits per heavy atom. The number of rotatable bonds is 6. The van der Waals surface area contributed by atoms with Crippen LogP contribution in [-0.4, -0.2) is 75.6 Å². The molecule has 0 radical (unpaired) electrons. The van der Waals surface area contributed by atoms with Crippen molar-refractivity contribution in [2.24, 2.45) is 0 Å². The van der Waals surface area contributed by atoms with Crippen LogP contribution in [0, 0.1) is 12.7 Å². The Morgan fingerprint density at radius 3 is 2.53 bits per heavy atom. The summed E-state index contributed by atoms with van der Waals surface area (Å²) in [5.41, 5.74) is 8.11. The van der Waals surface area contributed by atoms with Crippen LogP contribution in [-0.2, 0) is 6.18 Å². The van der Waals surface area contributed by atoms with Crippen LogP contribution in [0.15, 0.2) is 24.4 Å². The third kappa shape index (κ3) is 5.58. The quantitative estimate of drug-likeness (QED) is 0.222. The second-order valence-corrected chi connectivity index (χ2v) is 13.1. The van der Waals surface area contributed by atoms with Gasteiger partial charge in [-0.2, -0.15) is 23.1 Å². The molecule has 0 bridgehead atoms. The molecule has 4 aromatic rings. The Labute approximate surface area is 281 Å². The average molecular weight is 709 g/mol. The summed E-state index contributed by atoms with van der Waals surface area (Å²) in [6.07, 6.45) is -5.79. The highest BCUT2D eigenvalue weighted by Crippen LogP contribution is 2.51. The number of halogens is 7. The summed E-state index contributed by atoms with van der Waals surface area (Å²) in [5, 5.41) is -0.523. The van der Waals surface area contributed by atoms with Crippen molar-refractivity contribution in [2.75, 3.05) is 49.2 Å². The molecular weight excluding hydrogens is 678 g/mol. The third-order valence-electron chi connectivity index (χ3n) is 9.52. The lowest BCUT2D eigenvalue weighted by Crippen LogP contribution is -2.43. The van der Waals surface area contributed by atoms with Crippen molar-refractivity contribution in [2.45, 2.75) is 56.8 Å². The number of benzene rings is 1. The summed E-state index contributed by atoms with van der Waals surface area (Å²) in [7, 11) is 0. The Kier molecular flexibility index (Phi) is 8.08. The maximum Gasteiger partial charge on any atom is 0.418 e. The Balaban J connectivity index is 1.45. The zero-order valence-electron chi connectivity index (χ0n) is 26.3. The van der Waals surface area contributed by atoms with Crippen molar-refractivity contribution < 1.29 is 35.8 Å². The first-order valence-electron chi connectivity index (χ1n) is 15.5. The van der Waals surface area contributed by atoms with Crippen LogP contribution in [0.25, 0.3) is 22.2 Å². The highest BCUT2D eigenvalue weighted by molar-refractivity contribution is 6.36. The number of anilines is 3. The fraction of sp³-hybridized carbons (Fsp3) is 0.438. The average Bonchev–Trinajstić information content (AvgIpc) is 3.39. The molecule has 1 unspecified atom stereocenters. The van der Waals surface area contributed by atoms with Crippen LogP contribution in [0.2, 0.25) is 5.02 Å². The van der Waals surface area contributed by atoms with Gasteiger partial charge in [-0.1, -0.05) is 17.7 Å². The number of ether oxygens (including phenoxy) is 2. The summed E-state index contributed by atoms with van der Waals surface area (Å²) in [6, 6.07) is 3.57. The molecule has 7 rings (SSSR count). The van der Waals surface area contributed by atoms with E-state index in [1.165, 1.54) is 13.1 Å². The second-order valence-electron chi connectivity index (χ2n) is 12.7. The number of nitrogens with zero attached hydrogens (tertiary/aromatic N) is 6. The third-order valence-corrected chi connectivity index (χ3v) is 9.88. The summed E-state index contributed by atoms with van der Waals surface area (Å²) in [6.45, 7) is 2.93. The number of nitrogens with two attached hydrogens (primary N) is 2. The Bertz CT molecular complexity index is 1950. The van der Waals surface area contributed by atoms with E-state index in [1.54, 1.807) is 21.9 Å². The minimum absolute atomic E-state index is 0.0179. The van der Waals surface area contributed by atoms with Gasteiger partial charge in [-0.15, -0.1) is 0 Å². The molecule has 0 aliphatic carbocycles. The molecule has 3 aliphatic heterocycles. The zero-order valence-corrected chi connectivity index (χ0v) is 27.0. The van der Waals surface area contributed by atoms with E-state index in [2.05, 4.69) is 19.9 Å². The zero-order chi connectivity index (χ0) is 35.0. The number of aromatic nitrogens is 4. The first-order valence-corrected chi connectivity index (χ1v) is 15.9. The number of pyridine rings is 2. The van der Waals surface area contributed by atoms with E-state index >= 15 is 4.39 Å². The molecule has 6 heterocycles. The lowest BCUT2D eigenvalue weighted by atomic mass is 9.94. The van der Waals surface area contributed by atoms with E-state index in [1.807, 2.05) is 6.92 Å². The van der Waals surface area contributed by atoms with Gasteiger partial charge in [0.05, 0.1) is 45.4 Å².